The van der Waals surface area contributed by atoms with Gasteiger partial charge in [-0.1, -0.05) is 67.4 Å². The fourth-order valence-corrected chi connectivity index (χ4v) is 2.92. The number of nitrogens with one attached hydrogen (secondary N) is 1. The lowest BCUT2D eigenvalue weighted by atomic mass is 10.1. The van der Waals surface area contributed by atoms with E-state index in [2.05, 4.69) is 9.69 Å². The number of esters is 1. The SMILES string of the molecule is CC(C)[C@H](OC(=O)c1nsc(Cl)c1Cl)C(=O)NCc1ccccc1. The Balaban J connectivity index is 2.02. The van der Waals surface area contributed by atoms with E-state index < -0.39 is 12.1 Å². The van der Waals surface area contributed by atoms with Crippen LogP contribution < -0.4 is 5.32 Å². The lowest BCUT2D eigenvalue weighted by molar-refractivity contribution is -0.132. The first-order valence-electron chi connectivity index (χ1n) is 7.23. The van der Waals surface area contributed by atoms with Crippen molar-refractivity contribution in [2.45, 2.75) is 26.5 Å². The highest BCUT2D eigenvalue weighted by atomic mass is 35.5. The van der Waals surface area contributed by atoms with Gasteiger partial charge < -0.3 is 10.1 Å². The summed E-state index contributed by atoms with van der Waals surface area (Å²) < 4.78 is 9.35. The number of amides is 1. The van der Waals surface area contributed by atoms with Crippen LogP contribution in [0.4, 0.5) is 0 Å². The Morgan fingerprint density at radius 1 is 1.25 bits per heavy atom. The van der Waals surface area contributed by atoms with Gasteiger partial charge in [-0.2, -0.15) is 4.37 Å². The molecule has 0 radical (unpaired) electrons. The zero-order valence-electron chi connectivity index (χ0n) is 13.1. The number of benzene rings is 1. The number of carbonyl (C=O) groups is 2. The summed E-state index contributed by atoms with van der Waals surface area (Å²) in [5, 5.41) is 2.80. The van der Waals surface area contributed by atoms with Crippen LogP contribution in [0.2, 0.25) is 9.36 Å². The highest BCUT2D eigenvalue weighted by Crippen LogP contribution is 2.30. The zero-order valence-corrected chi connectivity index (χ0v) is 15.4. The number of nitrogens with zero attached hydrogens (tertiary/aromatic N) is 1. The molecule has 1 aromatic heterocycles. The van der Waals surface area contributed by atoms with Gasteiger partial charge in [0.05, 0.1) is 0 Å². The van der Waals surface area contributed by atoms with Crippen molar-refractivity contribution in [3.05, 3.63) is 50.9 Å². The highest BCUT2D eigenvalue weighted by Gasteiger charge is 2.29. The molecule has 0 saturated heterocycles. The first kappa shape index (κ1) is 18.7. The van der Waals surface area contributed by atoms with E-state index in [0.717, 1.165) is 17.1 Å². The third-order valence-electron chi connectivity index (χ3n) is 3.20. The van der Waals surface area contributed by atoms with Gasteiger partial charge in [0.1, 0.15) is 9.36 Å². The number of aromatic nitrogens is 1. The van der Waals surface area contributed by atoms with E-state index in [0.29, 0.717) is 6.54 Å². The van der Waals surface area contributed by atoms with Crippen molar-refractivity contribution in [2.75, 3.05) is 0 Å². The van der Waals surface area contributed by atoms with Crippen LogP contribution in [-0.2, 0) is 16.1 Å². The largest absolute Gasteiger partial charge is 0.447 e. The van der Waals surface area contributed by atoms with Gasteiger partial charge in [-0.25, -0.2) is 4.79 Å². The normalized spacial score (nSPS) is 12.0. The Labute approximate surface area is 154 Å². The van der Waals surface area contributed by atoms with Gasteiger partial charge in [-0.15, -0.1) is 0 Å². The van der Waals surface area contributed by atoms with Crippen LogP contribution >= 0.6 is 34.7 Å². The van der Waals surface area contributed by atoms with Crippen molar-refractivity contribution in [2.24, 2.45) is 5.92 Å². The second-order valence-corrected chi connectivity index (χ2v) is 7.15. The molecule has 2 rings (SSSR count). The summed E-state index contributed by atoms with van der Waals surface area (Å²) in [5.74, 6) is -1.35. The summed E-state index contributed by atoms with van der Waals surface area (Å²) >= 11 is 12.6. The van der Waals surface area contributed by atoms with Crippen LogP contribution in [0, 0.1) is 5.92 Å². The molecule has 24 heavy (non-hydrogen) atoms. The number of halogens is 2. The summed E-state index contributed by atoms with van der Waals surface area (Å²) in [6, 6.07) is 9.46. The maximum absolute atomic E-state index is 12.3. The minimum atomic E-state index is -0.947. The molecule has 0 saturated carbocycles. The van der Waals surface area contributed by atoms with Gasteiger partial charge in [0, 0.05) is 6.54 Å². The molecule has 1 atom stereocenters. The average Bonchev–Trinajstić information content (AvgIpc) is 2.90. The molecule has 1 aromatic carbocycles. The van der Waals surface area contributed by atoms with E-state index in [1.165, 1.54) is 0 Å². The average molecular weight is 387 g/mol. The maximum atomic E-state index is 12.3. The van der Waals surface area contributed by atoms with E-state index in [4.69, 9.17) is 27.9 Å². The van der Waals surface area contributed by atoms with Crippen LogP contribution in [0.3, 0.4) is 0 Å². The number of hydrogen-bond donors (Lipinski definition) is 1. The topological polar surface area (TPSA) is 68.3 Å². The van der Waals surface area contributed by atoms with Crippen molar-refractivity contribution in [3.63, 3.8) is 0 Å². The monoisotopic (exact) mass is 386 g/mol. The van der Waals surface area contributed by atoms with Gasteiger partial charge in [-0.3, -0.25) is 4.79 Å². The molecule has 2 aromatic rings. The van der Waals surface area contributed by atoms with Gasteiger partial charge in [-0.05, 0) is 23.0 Å². The number of carbonyl (C=O) groups excluding carboxylic acids is 2. The van der Waals surface area contributed by atoms with Crippen molar-refractivity contribution >= 4 is 46.6 Å². The van der Waals surface area contributed by atoms with Crippen molar-refractivity contribution in [1.29, 1.82) is 0 Å². The first-order chi connectivity index (χ1) is 11.4. The molecule has 1 amide bonds. The molecule has 128 valence electrons. The van der Waals surface area contributed by atoms with E-state index in [1.54, 1.807) is 13.8 Å². The predicted molar refractivity (Wildman–Crippen MR) is 94.5 cm³/mol. The van der Waals surface area contributed by atoms with Crippen LogP contribution in [0.1, 0.15) is 29.9 Å². The van der Waals surface area contributed by atoms with E-state index in [-0.39, 0.29) is 26.9 Å². The summed E-state index contributed by atoms with van der Waals surface area (Å²) in [4.78, 5) is 24.5. The molecule has 1 N–H and O–H groups in total. The van der Waals surface area contributed by atoms with Crippen molar-refractivity contribution < 1.29 is 14.3 Å². The molecule has 0 aliphatic heterocycles. The number of rotatable bonds is 6. The Kier molecular flexibility index (Phi) is 6.60. The predicted octanol–water partition coefficient (Wildman–Crippen LogP) is 3.95. The lowest BCUT2D eigenvalue weighted by Crippen LogP contribution is -2.40. The maximum Gasteiger partial charge on any atom is 0.360 e. The minimum Gasteiger partial charge on any atom is -0.447 e. The molecule has 0 fully saturated rings. The fourth-order valence-electron chi connectivity index (χ4n) is 1.93. The van der Waals surface area contributed by atoms with Gasteiger partial charge in [0.25, 0.3) is 5.91 Å². The summed E-state index contributed by atoms with van der Waals surface area (Å²) in [7, 11) is 0. The van der Waals surface area contributed by atoms with Gasteiger partial charge in [0.15, 0.2) is 11.8 Å². The smallest absolute Gasteiger partial charge is 0.360 e. The quantitative estimate of drug-likeness (QED) is 0.763. The molecular formula is C16H16Cl2N2O3S. The molecule has 5 nitrogen and oxygen atoms in total. The molecule has 0 aliphatic rings. The van der Waals surface area contributed by atoms with Gasteiger partial charge >= 0.3 is 5.97 Å². The molecule has 8 heteroatoms. The van der Waals surface area contributed by atoms with E-state index in [9.17, 15) is 9.59 Å². The van der Waals surface area contributed by atoms with Crippen LogP contribution in [0.25, 0.3) is 0 Å². The summed E-state index contributed by atoms with van der Waals surface area (Å²) in [5.41, 5.74) is 0.877. The van der Waals surface area contributed by atoms with Gasteiger partial charge in [0.2, 0.25) is 0 Å². The van der Waals surface area contributed by atoms with Crippen molar-refractivity contribution in [1.82, 2.24) is 9.69 Å². The first-order valence-corrected chi connectivity index (χ1v) is 8.76. The summed E-state index contributed by atoms with van der Waals surface area (Å²) in [6.07, 6.45) is -0.947. The zero-order chi connectivity index (χ0) is 17.7. The van der Waals surface area contributed by atoms with Crippen molar-refractivity contribution in [3.8, 4) is 0 Å². The minimum absolute atomic E-state index is 0.0406. The third-order valence-corrected chi connectivity index (χ3v) is 4.81. The number of hydrogen-bond acceptors (Lipinski definition) is 5. The van der Waals surface area contributed by atoms with Crippen LogP contribution in [0.5, 0.6) is 0 Å². The van der Waals surface area contributed by atoms with E-state index in [1.807, 2.05) is 30.3 Å². The highest BCUT2D eigenvalue weighted by molar-refractivity contribution is 7.11. The molecule has 0 bridgehead atoms. The standard InChI is InChI=1S/C16H16Cl2N2O3S/c1-9(2)13(15(21)19-8-10-6-4-3-5-7-10)23-16(22)12-11(17)14(18)24-20-12/h3-7,9,13H,8H2,1-2H3,(H,19,21)/t13-/m0/s1. The summed E-state index contributed by atoms with van der Waals surface area (Å²) in [6.45, 7) is 3.93. The third kappa shape index (κ3) is 4.69. The Bertz CT molecular complexity index is 719. The Morgan fingerprint density at radius 3 is 2.46 bits per heavy atom. The van der Waals surface area contributed by atoms with Crippen LogP contribution in [-0.4, -0.2) is 22.4 Å². The molecular weight excluding hydrogens is 371 g/mol. The molecule has 0 spiro atoms. The second-order valence-electron chi connectivity index (χ2n) is 5.39. The Morgan fingerprint density at radius 2 is 1.92 bits per heavy atom. The molecule has 1 heterocycles. The number of ether oxygens (including phenoxy) is 1. The fraction of sp³-hybridized carbons (Fsp3) is 0.312. The second kappa shape index (κ2) is 8.46. The van der Waals surface area contributed by atoms with E-state index >= 15 is 0 Å². The Hall–Kier alpha value is -1.63. The van der Waals surface area contributed by atoms with Crippen LogP contribution in [0.15, 0.2) is 30.3 Å². The molecule has 0 unspecified atom stereocenters. The lowest BCUT2D eigenvalue weighted by Gasteiger charge is -2.20. The molecule has 0 aliphatic carbocycles.